The largest absolute Gasteiger partial charge is 0.326 e. The predicted octanol–water partition coefficient (Wildman–Crippen LogP) is 1.26. The Morgan fingerprint density at radius 1 is 1.03 bits per heavy atom. The minimum absolute atomic E-state index is 0.147. The summed E-state index contributed by atoms with van der Waals surface area (Å²) >= 11 is 0. The molecule has 2 aromatic carbocycles. The Bertz CT molecular complexity index is 1080. The zero-order valence-corrected chi connectivity index (χ0v) is 17.4. The topological polar surface area (TPSA) is 83.1 Å². The second-order valence-corrected chi connectivity index (χ2v) is 8.85. The summed E-state index contributed by atoms with van der Waals surface area (Å²) in [4.78, 5) is 41.5. The number of likely N-dealkylation sites (tertiary alicyclic amines) is 1. The second kappa shape index (κ2) is 6.51. The first kappa shape index (κ1) is 19.0. The van der Waals surface area contributed by atoms with Crippen molar-refractivity contribution in [1.29, 1.82) is 0 Å². The first-order chi connectivity index (χ1) is 14.4. The minimum Gasteiger partial charge on any atom is -0.326 e. The van der Waals surface area contributed by atoms with Crippen LogP contribution in [0.4, 0.5) is 5.69 Å². The second-order valence-electron chi connectivity index (χ2n) is 8.85. The Labute approximate surface area is 175 Å². The van der Waals surface area contributed by atoms with Gasteiger partial charge in [0.2, 0.25) is 17.4 Å². The molecule has 30 heavy (non-hydrogen) atoms. The molecule has 0 radical (unpaired) electrons. The van der Waals surface area contributed by atoms with E-state index in [2.05, 4.69) is 5.32 Å². The summed E-state index contributed by atoms with van der Waals surface area (Å²) < 4.78 is 0. The third-order valence-corrected chi connectivity index (χ3v) is 7.29. The molecule has 3 aliphatic heterocycles. The molecule has 6 nitrogen and oxygen atoms in total. The summed E-state index contributed by atoms with van der Waals surface area (Å²) in [6.07, 6.45) is 0.615. The molecule has 0 aromatic heterocycles. The van der Waals surface area contributed by atoms with Crippen molar-refractivity contribution < 1.29 is 19.7 Å². The maximum atomic E-state index is 13.5. The molecule has 154 valence electrons. The molecule has 2 aromatic rings. The first-order valence-corrected chi connectivity index (χ1v) is 10.5. The average molecular weight is 404 g/mol. The molecule has 0 saturated carbocycles. The lowest BCUT2D eigenvalue weighted by Crippen LogP contribution is -2.98. The van der Waals surface area contributed by atoms with Crippen LogP contribution in [0, 0.1) is 25.7 Å². The highest BCUT2D eigenvalue weighted by Gasteiger charge is 2.73. The van der Waals surface area contributed by atoms with E-state index in [0.717, 1.165) is 27.9 Å². The van der Waals surface area contributed by atoms with Crippen LogP contribution in [0.3, 0.4) is 0 Å². The van der Waals surface area contributed by atoms with Gasteiger partial charge in [-0.25, -0.2) is 0 Å². The molecule has 4 atom stereocenters. The lowest BCUT2D eigenvalue weighted by molar-refractivity contribution is -0.730. The van der Waals surface area contributed by atoms with E-state index in [0.29, 0.717) is 13.0 Å². The first-order valence-electron chi connectivity index (χ1n) is 10.5. The van der Waals surface area contributed by atoms with Gasteiger partial charge in [0.1, 0.15) is 11.8 Å². The minimum atomic E-state index is -1.06. The van der Waals surface area contributed by atoms with Gasteiger partial charge in [0.25, 0.3) is 5.91 Å². The fourth-order valence-corrected chi connectivity index (χ4v) is 5.62. The van der Waals surface area contributed by atoms with Crippen molar-refractivity contribution in [2.24, 2.45) is 11.8 Å². The number of aryl methyl sites for hydroxylation is 1. The van der Waals surface area contributed by atoms with E-state index in [4.69, 9.17) is 0 Å². The van der Waals surface area contributed by atoms with Crippen molar-refractivity contribution in [1.82, 2.24) is 4.90 Å². The number of hydrogen-bond acceptors (Lipinski definition) is 3. The Morgan fingerprint density at radius 2 is 1.77 bits per heavy atom. The van der Waals surface area contributed by atoms with E-state index in [9.17, 15) is 14.4 Å². The molecular weight excluding hydrogens is 378 g/mol. The lowest BCUT2D eigenvalue weighted by atomic mass is 9.76. The van der Waals surface area contributed by atoms with Crippen LogP contribution < -0.4 is 10.6 Å². The molecule has 3 heterocycles. The van der Waals surface area contributed by atoms with Crippen molar-refractivity contribution in [3.05, 3.63) is 64.7 Å². The molecule has 0 aliphatic carbocycles. The summed E-state index contributed by atoms with van der Waals surface area (Å²) in [5.41, 5.74) is 3.76. The van der Waals surface area contributed by atoms with E-state index in [1.807, 2.05) is 68.6 Å². The quantitative estimate of drug-likeness (QED) is 0.756. The van der Waals surface area contributed by atoms with E-state index >= 15 is 0 Å². The van der Waals surface area contributed by atoms with Gasteiger partial charge in [-0.1, -0.05) is 36.4 Å². The molecule has 0 unspecified atom stereocenters. The van der Waals surface area contributed by atoms with Gasteiger partial charge < -0.3 is 10.6 Å². The number of carbonyl (C=O) groups excluding carboxylic acids is 3. The fourth-order valence-electron chi connectivity index (χ4n) is 5.62. The summed E-state index contributed by atoms with van der Waals surface area (Å²) in [5.74, 6) is -1.70. The SMILES string of the molecule is Cc1ccc2c(c1C)NC(=O)[C@]21[NH2+][C@@H](C)[C@H]2C(=O)N(CCc3ccccc3)C(=O)[C@H]21. The number of rotatable bonds is 3. The van der Waals surface area contributed by atoms with Crippen molar-refractivity contribution in [3.63, 3.8) is 0 Å². The number of hydrogen-bond donors (Lipinski definition) is 2. The Morgan fingerprint density at radius 3 is 2.50 bits per heavy atom. The zero-order chi connectivity index (χ0) is 21.2. The van der Waals surface area contributed by atoms with Crippen molar-refractivity contribution >= 4 is 23.4 Å². The standard InChI is InChI=1S/C24H25N3O3/c1-13-9-10-17-20(14(13)2)25-23(30)24(17)19-18(15(3)26-24)21(28)27(22(19)29)12-11-16-7-5-4-6-8-16/h4-10,15,18-19,26H,11-12H2,1-3H3,(H,25,30)/p+1/t15-,18+,19-,24-/m0/s1. The average Bonchev–Trinajstić information content (AvgIpc) is 3.29. The van der Waals surface area contributed by atoms with Gasteiger partial charge in [-0.05, 0) is 49.9 Å². The van der Waals surface area contributed by atoms with Crippen LogP contribution in [-0.2, 0) is 26.3 Å². The number of fused-ring (bicyclic) bond motifs is 4. The number of benzene rings is 2. The summed E-state index contributed by atoms with van der Waals surface area (Å²) in [5, 5.41) is 4.98. The molecule has 3 amide bonds. The maximum absolute atomic E-state index is 13.5. The maximum Gasteiger partial charge on any atom is 0.291 e. The molecular formula is C24H26N3O3+. The summed E-state index contributed by atoms with van der Waals surface area (Å²) in [6.45, 7) is 6.28. The number of nitrogens with one attached hydrogen (secondary N) is 1. The highest BCUT2D eigenvalue weighted by atomic mass is 16.2. The van der Waals surface area contributed by atoms with Crippen LogP contribution in [0.15, 0.2) is 42.5 Å². The van der Waals surface area contributed by atoms with Gasteiger partial charge in [-0.2, -0.15) is 0 Å². The third kappa shape index (κ3) is 2.37. The lowest BCUT2D eigenvalue weighted by Gasteiger charge is -2.26. The van der Waals surface area contributed by atoms with Crippen LogP contribution >= 0.6 is 0 Å². The number of amides is 3. The predicted molar refractivity (Wildman–Crippen MR) is 111 cm³/mol. The van der Waals surface area contributed by atoms with Gasteiger partial charge in [0, 0.05) is 12.1 Å². The van der Waals surface area contributed by atoms with Crippen molar-refractivity contribution in [3.8, 4) is 0 Å². The monoisotopic (exact) mass is 404 g/mol. The molecule has 2 saturated heterocycles. The molecule has 3 aliphatic rings. The van der Waals surface area contributed by atoms with Crippen LogP contribution in [0.1, 0.15) is 29.2 Å². The van der Waals surface area contributed by atoms with Crippen LogP contribution in [-0.4, -0.2) is 35.2 Å². The summed E-state index contributed by atoms with van der Waals surface area (Å²) in [6, 6.07) is 13.6. The molecule has 5 rings (SSSR count). The summed E-state index contributed by atoms with van der Waals surface area (Å²) in [7, 11) is 0. The van der Waals surface area contributed by atoms with Gasteiger partial charge in [-0.3, -0.25) is 19.3 Å². The number of imide groups is 1. The number of anilines is 1. The van der Waals surface area contributed by atoms with Crippen LogP contribution in [0.25, 0.3) is 0 Å². The molecule has 2 fully saturated rings. The molecule has 0 bridgehead atoms. The Hall–Kier alpha value is -2.99. The van der Waals surface area contributed by atoms with Crippen molar-refractivity contribution in [2.75, 3.05) is 11.9 Å². The van der Waals surface area contributed by atoms with E-state index in [1.54, 1.807) is 0 Å². The van der Waals surface area contributed by atoms with Crippen LogP contribution in [0.5, 0.6) is 0 Å². The third-order valence-electron chi connectivity index (χ3n) is 7.29. The van der Waals surface area contributed by atoms with Gasteiger partial charge in [0.15, 0.2) is 0 Å². The highest BCUT2D eigenvalue weighted by Crippen LogP contribution is 2.49. The van der Waals surface area contributed by atoms with Gasteiger partial charge >= 0.3 is 0 Å². The van der Waals surface area contributed by atoms with Gasteiger partial charge in [0.05, 0.1) is 11.7 Å². The number of carbonyl (C=O) groups is 3. The van der Waals surface area contributed by atoms with E-state index < -0.39 is 17.4 Å². The number of nitrogens with two attached hydrogens (primary N) is 1. The van der Waals surface area contributed by atoms with Gasteiger partial charge in [-0.15, -0.1) is 0 Å². The van der Waals surface area contributed by atoms with Crippen LogP contribution in [0.2, 0.25) is 0 Å². The molecule has 3 N–H and O–H groups in total. The van der Waals surface area contributed by atoms with E-state index in [1.165, 1.54) is 4.90 Å². The van der Waals surface area contributed by atoms with Crippen molar-refractivity contribution in [2.45, 2.75) is 38.8 Å². The number of nitrogens with zero attached hydrogens (tertiary/aromatic N) is 1. The normalized spacial score (nSPS) is 29.5. The number of quaternary nitrogens is 1. The zero-order valence-electron chi connectivity index (χ0n) is 17.4. The molecule has 1 spiro atoms. The smallest absolute Gasteiger partial charge is 0.291 e. The van der Waals surface area contributed by atoms with E-state index in [-0.39, 0.29) is 23.8 Å². The highest BCUT2D eigenvalue weighted by molar-refractivity contribution is 6.14. The Kier molecular flexibility index (Phi) is 4.12. The Balaban J connectivity index is 1.53. The molecule has 6 heteroatoms. The fraction of sp³-hybridized carbons (Fsp3) is 0.375.